The number of H-pyrrole nitrogens is 1. The molecule has 0 bridgehead atoms. The summed E-state index contributed by atoms with van der Waals surface area (Å²) >= 11 is 0. The maximum atomic E-state index is 5.78. The smallest absolute Gasteiger partial charge is 0.239 e. The summed E-state index contributed by atoms with van der Waals surface area (Å²) in [6, 6.07) is 14.6. The number of nitrogens with one attached hydrogen (secondary N) is 1. The van der Waals surface area contributed by atoms with E-state index in [2.05, 4.69) is 59.4 Å². The Bertz CT molecular complexity index is 698. The molecule has 0 unspecified atom stereocenters. The van der Waals surface area contributed by atoms with Gasteiger partial charge in [0, 0.05) is 5.56 Å². The zero-order valence-electron chi connectivity index (χ0n) is 11.6. The van der Waals surface area contributed by atoms with Gasteiger partial charge in [0.15, 0.2) is 0 Å². The van der Waals surface area contributed by atoms with Crippen molar-refractivity contribution in [1.29, 1.82) is 0 Å². The summed E-state index contributed by atoms with van der Waals surface area (Å²) in [6.07, 6.45) is 3.86. The van der Waals surface area contributed by atoms with Gasteiger partial charge in [-0.25, -0.2) is 4.98 Å². The molecule has 0 radical (unpaired) electrons. The monoisotopic (exact) mass is 266 g/mol. The Kier molecular flexibility index (Phi) is 3.68. The molecule has 3 rings (SSSR count). The van der Waals surface area contributed by atoms with E-state index in [1.165, 1.54) is 10.8 Å². The summed E-state index contributed by atoms with van der Waals surface area (Å²) in [5, 5.41) is 2.43. The molecule has 0 atom stereocenters. The molecule has 0 aliphatic heterocycles. The van der Waals surface area contributed by atoms with Gasteiger partial charge in [0.2, 0.25) is 5.88 Å². The van der Waals surface area contributed by atoms with Crippen LogP contribution < -0.4 is 4.74 Å². The Morgan fingerprint density at radius 1 is 1.10 bits per heavy atom. The maximum absolute atomic E-state index is 5.78. The second-order valence-corrected chi connectivity index (χ2v) is 4.81. The fourth-order valence-corrected chi connectivity index (χ4v) is 2.34. The highest BCUT2D eigenvalue weighted by Gasteiger charge is 2.11. The predicted molar refractivity (Wildman–Crippen MR) is 81.9 cm³/mol. The van der Waals surface area contributed by atoms with Crippen LogP contribution in [0, 0.1) is 0 Å². The first kappa shape index (κ1) is 12.7. The number of aromatic amines is 1. The van der Waals surface area contributed by atoms with Gasteiger partial charge in [0.1, 0.15) is 5.69 Å². The molecular weight excluding hydrogens is 248 g/mol. The van der Waals surface area contributed by atoms with E-state index in [1.54, 1.807) is 6.33 Å². The number of fused-ring (bicyclic) bond motifs is 1. The predicted octanol–water partition coefficient (Wildman–Crippen LogP) is 4.41. The normalized spacial score (nSPS) is 10.8. The molecule has 1 heterocycles. The van der Waals surface area contributed by atoms with Gasteiger partial charge in [-0.05, 0) is 17.2 Å². The van der Waals surface area contributed by atoms with Crippen molar-refractivity contribution in [2.24, 2.45) is 0 Å². The summed E-state index contributed by atoms with van der Waals surface area (Å²) < 4.78 is 5.78. The Balaban J connectivity index is 2.01. The standard InChI is InChI=1S/C17H18N2O/c1-2-3-11-20-17-16(18-12-19-17)15-10-6-8-13-7-4-5-9-14(13)15/h4-10,12H,2-3,11H2,1H3,(H,18,19). The van der Waals surface area contributed by atoms with Gasteiger partial charge in [0.05, 0.1) is 12.9 Å². The lowest BCUT2D eigenvalue weighted by Gasteiger charge is -2.08. The average molecular weight is 266 g/mol. The molecular formula is C17H18N2O. The van der Waals surface area contributed by atoms with Crippen molar-refractivity contribution >= 4 is 10.8 Å². The molecule has 3 heteroatoms. The fraction of sp³-hybridized carbons (Fsp3) is 0.235. The van der Waals surface area contributed by atoms with Crippen molar-refractivity contribution in [2.75, 3.05) is 6.61 Å². The van der Waals surface area contributed by atoms with E-state index in [0.717, 1.165) is 24.1 Å². The molecule has 0 amide bonds. The number of unbranched alkanes of at least 4 members (excludes halogenated alkanes) is 1. The summed E-state index contributed by atoms with van der Waals surface area (Å²) in [6.45, 7) is 2.86. The zero-order valence-corrected chi connectivity index (χ0v) is 11.6. The fourth-order valence-electron chi connectivity index (χ4n) is 2.34. The second kappa shape index (κ2) is 5.78. The van der Waals surface area contributed by atoms with Crippen LogP contribution in [0.2, 0.25) is 0 Å². The van der Waals surface area contributed by atoms with E-state index in [4.69, 9.17) is 4.74 Å². The molecule has 102 valence electrons. The molecule has 0 saturated carbocycles. The minimum atomic E-state index is 0.690. The van der Waals surface area contributed by atoms with Crippen molar-refractivity contribution in [2.45, 2.75) is 19.8 Å². The molecule has 0 aliphatic carbocycles. The van der Waals surface area contributed by atoms with Crippen LogP contribution in [0.25, 0.3) is 22.0 Å². The van der Waals surface area contributed by atoms with E-state index < -0.39 is 0 Å². The summed E-state index contributed by atoms with van der Waals surface area (Å²) in [4.78, 5) is 7.50. The van der Waals surface area contributed by atoms with Crippen LogP contribution >= 0.6 is 0 Å². The summed E-state index contributed by atoms with van der Waals surface area (Å²) in [5.74, 6) is 0.690. The van der Waals surface area contributed by atoms with Gasteiger partial charge < -0.3 is 9.72 Å². The Morgan fingerprint density at radius 2 is 1.95 bits per heavy atom. The van der Waals surface area contributed by atoms with Crippen LogP contribution in [0.1, 0.15) is 19.8 Å². The lowest BCUT2D eigenvalue weighted by atomic mass is 10.0. The summed E-state index contributed by atoms with van der Waals surface area (Å²) in [5.41, 5.74) is 2.09. The van der Waals surface area contributed by atoms with Crippen LogP contribution in [0.3, 0.4) is 0 Å². The third-order valence-corrected chi connectivity index (χ3v) is 3.40. The van der Waals surface area contributed by atoms with Crippen LogP contribution in [0.15, 0.2) is 48.8 Å². The first-order chi connectivity index (χ1) is 9.90. The number of imidazole rings is 1. The lowest BCUT2D eigenvalue weighted by Crippen LogP contribution is -1.98. The number of hydrogen-bond acceptors (Lipinski definition) is 2. The number of nitrogens with zero attached hydrogens (tertiary/aromatic N) is 1. The van der Waals surface area contributed by atoms with Crippen molar-refractivity contribution in [3.8, 4) is 17.1 Å². The first-order valence-corrected chi connectivity index (χ1v) is 7.04. The molecule has 20 heavy (non-hydrogen) atoms. The molecule has 1 N–H and O–H groups in total. The highest BCUT2D eigenvalue weighted by Crippen LogP contribution is 2.32. The minimum absolute atomic E-state index is 0.690. The number of benzene rings is 2. The van der Waals surface area contributed by atoms with Crippen LogP contribution in [0.5, 0.6) is 5.88 Å². The van der Waals surface area contributed by atoms with Gasteiger partial charge in [-0.1, -0.05) is 55.8 Å². The first-order valence-electron chi connectivity index (χ1n) is 7.04. The molecule has 2 aromatic carbocycles. The molecule has 0 saturated heterocycles. The number of rotatable bonds is 5. The molecule has 0 aliphatic rings. The van der Waals surface area contributed by atoms with E-state index >= 15 is 0 Å². The van der Waals surface area contributed by atoms with E-state index in [9.17, 15) is 0 Å². The average Bonchev–Trinajstić information content (AvgIpc) is 2.95. The van der Waals surface area contributed by atoms with Crippen LogP contribution in [-0.4, -0.2) is 16.6 Å². The minimum Gasteiger partial charge on any atom is -0.476 e. The molecule has 3 aromatic rings. The number of hydrogen-bond donors (Lipinski definition) is 1. The Hall–Kier alpha value is -2.29. The van der Waals surface area contributed by atoms with Crippen molar-refractivity contribution in [1.82, 2.24) is 9.97 Å². The molecule has 0 spiro atoms. The van der Waals surface area contributed by atoms with Crippen molar-refractivity contribution in [3.63, 3.8) is 0 Å². The van der Waals surface area contributed by atoms with Crippen LogP contribution in [-0.2, 0) is 0 Å². The van der Waals surface area contributed by atoms with E-state index in [-0.39, 0.29) is 0 Å². The molecule has 1 aromatic heterocycles. The second-order valence-electron chi connectivity index (χ2n) is 4.81. The SMILES string of the molecule is CCCCOc1nc[nH]c1-c1cccc2ccccc12. The van der Waals surface area contributed by atoms with Gasteiger partial charge in [0.25, 0.3) is 0 Å². The Labute approximate surface area is 118 Å². The summed E-state index contributed by atoms with van der Waals surface area (Å²) in [7, 11) is 0. The highest BCUT2D eigenvalue weighted by molar-refractivity contribution is 5.96. The van der Waals surface area contributed by atoms with Gasteiger partial charge >= 0.3 is 0 Å². The zero-order chi connectivity index (χ0) is 13.8. The third-order valence-electron chi connectivity index (χ3n) is 3.40. The Morgan fingerprint density at radius 3 is 2.85 bits per heavy atom. The lowest BCUT2D eigenvalue weighted by molar-refractivity contribution is 0.300. The van der Waals surface area contributed by atoms with Gasteiger partial charge in [-0.2, -0.15) is 0 Å². The number of aromatic nitrogens is 2. The van der Waals surface area contributed by atoms with E-state index in [1.807, 2.05) is 0 Å². The van der Waals surface area contributed by atoms with Crippen LogP contribution in [0.4, 0.5) is 0 Å². The van der Waals surface area contributed by atoms with Gasteiger partial charge in [-0.3, -0.25) is 0 Å². The third kappa shape index (κ3) is 2.39. The molecule has 0 fully saturated rings. The largest absolute Gasteiger partial charge is 0.476 e. The van der Waals surface area contributed by atoms with Crippen molar-refractivity contribution in [3.05, 3.63) is 48.8 Å². The molecule has 3 nitrogen and oxygen atoms in total. The highest BCUT2D eigenvalue weighted by atomic mass is 16.5. The quantitative estimate of drug-likeness (QED) is 0.695. The maximum Gasteiger partial charge on any atom is 0.239 e. The topological polar surface area (TPSA) is 37.9 Å². The van der Waals surface area contributed by atoms with E-state index in [0.29, 0.717) is 12.5 Å². The van der Waals surface area contributed by atoms with Crippen molar-refractivity contribution < 1.29 is 4.74 Å². The number of ether oxygens (including phenoxy) is 1. The van der Waals surface area contributed by atoms with Gasteiger partial charge in [-0.15, -0.1) is 0 Å².